The molecule has 0 aromatic carbocycles. The van der Waals surface area contributed by atoms with Gasteiger partial charge in [-0.2, -0.15) is 0 Å². The molecule has 1 nitrogen and oxygen atoms in total. The molecule has 0 saturated heterocycles. The van der Waals surface area contributed by atoms with Crippen molar-refractivity contribution in [3.05, 3.63) is 21.9 Å². The van der Waals surface area contributed by atoms with E-state index in [0.29, 0.717) is 6.04 Å². The normalized spacial score (nSPS) is 13.0. The molecule has 1 unspecified atom stereocenters. The molecular formula is C13H23NS. The lowest BCUT2D eigenvalue weighted by Crippen LogP contribution is -2.15. The molecule has 0 aliphatic heterocycles. The van der Waals surface area contributed by atoms with Gasteiger partial charge in [0.1, 0.15) is 0 Å². The van der Waals surface area contributed by atoms with Gasteiger partial charge in [0.2, 0.25) is 0 Å². The van der Waals surface area contributed by atoms with Crippen molar-refractivity contribution in [1.29, 1.82) is 0 Å². The van der Waals surface area contributed by atoms with Crippen molar-refractivity contribution in [2.75, 3.05) is 7.05 Å². The molecule has 1 atom stereocenters. The molecule has 0 aliphatic rings. The predicted molar refractivity (Wildman–Crippen MR) is 69.6 cm³/mol. The van der Waals surface area contributed by atoms with Crippen LogP contribution in [0.3, 0.4) is 0 Å². The number of unbranched alkanes of at least 4 members (excludes halogenated alkanes) is 3. The zero-order valence-electron chi connectivity index (χ0n) is 10.2. The molecule has 0 fully saturated rings. The summed E-state index contributed by atoms with van der Waals surface area (Å²) in [5.74, 6) is 0. The molecule has 0 amide bonds. The first-order chi connectivity index (χ1) is 7.29. The van der Waals surface area contributed by atoms with Gasteiger partial charge in [0.25, 0.3) is 0 Å². The lowest BCUT2D eigenvalue weighted by molar-refractivity contribution is 0.510. The summed E-state index contributed by atoms with van der Waals surface area (Å²) < 4.78 is 0. The second-order valence-corrected chi connectivity index (χ2v) is 5.11. The van der Waals surface area contributed by atoms with Crippen LogP contribution in [-0.2, 0) is 0 Å². The SMILES string of the molecule is CCCCCCC(NC)c1sccc1C. The van der Waals surface area contributed by atoms with Crippen LogP contribution in [-0.4, -0.2) is 7.05 Å². The van der Waals surface area contributed by atoms with Crippen molar-refractivity contribution in [3.8, 4) is 0 Å². The van der Waals surface area contributed by atoms with Gasteiger partial charge >= 0.3 is 0 Å². The molecule has 2 heteroatoms. The van der Waals surface area contributed by atoms with Crippen LogP contribution in [0.1, 0.15) is 55.5 Å². The van der Waals surface area contributed by atoms with Crippen LogP contribution in [0.2, 0.25) is 0 Å². The fraction of sp³-hybridized carbons (Fsp3) is 0.692. The third-order valence-corrected chi connectivity index (χ3v) is 4.05. The quantitative estimate of drug-likeness (QED) is 0.683. The number of nitrogens with one attached hydrogen (secondary N) is 1. The van der Waals surface area contributed by atoms with Crippen LogP contribution in [0, 0.1) is 6.92 Å². The Kier molecular flexibility index (Phi) is 5.96. The molecule has 1 aromatic heterocycles. The van der Waals surface area contributed by atoms with Crippen molar-refractivity contribution < 1.29 is 0 Å². The van der Waals surface area contributed by atoms with Crippen LogP contribution < -0.4 is 5.32 Å². The van der Waals surface area contributed by atoms with E-state index in [9.17, 15) is 0 Å². The van der Waals surface area contributed by atoms with Crippen molar-refractivity contribution in [2.24, 2.45) is 0 Å². The van der Waals surface area contributed by atoms with E-state index in [4.69, 9.17) is 0 Å². The van der Waals surface area contributed by atoms with E-state index in [1.807, 2.05) is 11.3 Å². The fourth-order valence-electron chi connectivity index (χ4n) is 1.92. The van der Waals surface area contributed by atoms with E-state index in [1.54, 1.807) is 0 Å². The number of rotatable bonds is 7. The van der Waals surface area contributed by atoms with Crippen molar-refractivity contribution >= 4 is 11.3 Å². The molecule has 1 aromatic rings. The number of hydrogen-bond donors (Lipinski definition) is 1. The first kappa shape index (κ1) is 12.7. The fourth-order valence-corrected chi connectivity index (χ4v) is 3.00. The lowest BCUT2D eigenvalue weighted by Gasteiger charge is -2.15. The van der Waals surface area contributed by atoms with E-state index in [-0.39, 0.29) is 0 Å². The van der Waals surface area contributed by atoms with E-state index < -0.39 is 0 Å². The van der Waals surface area contributed by atoms with Crippen molar-refractivity contribution in [1.82, 2.24) is 5.32 Å². The summed E-state index contributed by atoms with van der Waals surface area (Å²) in [6.07, 6.45) is 6.69. The molecule has 86 valence electrons. The van der Waals surface area contributed by atoms with Gasteiger partial charge in [-0.15, -0.1) is 11.3 Å². The van der Waals surface area contributed by atoms with E-state index >= 15 is 0 Å². The average molecular weight is 225 g/mol. The van der Waals surface area contributed by atoms with Gasteiger partial charge in [-0.05, 0) is 37.4 Å². The highest BCUT2D eigenvalue weighted by molar-refractivity contribution is 7.10. The molecule has 0 saturated carbocycles. The standard InChI is InChI=1S/C13H23NS/c1-4-5-6-7-8-12(14-3)13-11(2)9-10-15-13/h9-10,12,14H,4-8H2,1-3H3. The molecular weight excluding hydrogens is 202 g/mol. The summed E-state index contributed by atoms with van der Waals surface area (Å²) in [5.41, 5.74) is 1.44. The molecule has 1 rings (SSSR count). The van der Waals surface area contributed by atoms with Crippen LogP contribution >= 0.6 is 11.3 Å². The molecule has 0 bridgehead atoms. The van der Waals surface area contributed by atoms with Gasteiger partial charge in [-0.25, -0.2) is 0 Å². The first-order valence-corrected chi connectivity index (χ1v) is 6.88. The van der Waals surface area contributed by atoms with Crippen molar-refractivity contribution in [3.63, 3.8) is 0 Å². The topological polar surface area (TPSA) is 12.0 Å². The van der Waals surface area contributed by atoms with Gasteiger partial charge < -0.3 is 5.32 Å². The van der Waals surface area contributed by atoms with Crippen LogP contribution in [0.4, 0.5) is 0 Å². The molecule has 0 aliphatic carbocycles. The Morgan fingerprint density at radius 2 is 2.13 bits per heavy atom. The highest BCUT2D eigenvalue weighted by atomic mass is 32.1. The summed E-state index contributed by atoms with van der Waals surface area (Å²) in [6, 6.07) is 2.79. The van der Waals surface area contributed by atoms with E-state index in [0.717, 1.165) is 0 Å². The first-order valence-electron chi connectivity index (χ1n) is 6.00. The molecule has 1 heterocycles. The van der Waals surface area contributed by atoms with Crippen molar-refractivity contribution in [2.45, 2.75) is 52.0 Å². The molecule has 0 radical (unpaired) electrons. The molecule has 1 N–H and O–H groups in total. The highest BCUT2D eigenvalue weighted by Gasteiger charge is 2.12. The average Bonchev–Trinajstić information content (AvgIpc) is 2.65. The largest absolute Gasteiger partial charge is 0.312 e. The number of thiophene rings is 1. The summed E-state index contributed by atoms with van der Waals surface area (Å²) >= 11 is 1.88. The zero-order chi connectivity index (χ0) is 11.1. The minimum absolute atomic E-state index is 0.571. The Morgan fingerprint density at radius 1 is 1.33 bits per heavy atom. The third-order valence-electron chi connectivity index (χ3n) is 2.91. The summed E-state index contributed by atoms with van der Waals surface area (Å²) in [5, 5.41) is 5.63. The van der Waals surface area contributed by atoms with Gasteiger partial charge in [0, 0.05) is 10.9 Å². The number of hydrogen-bond acceptors (Lipinski definition) is 2. The third kappa shape index (κ3) is 3.96. The van der Waals surface area contributed by atoms with Gasteiger partial charge in [0.05, 0.1) is 0 Å². The molecule has 0 spiro atoms. The Morgan fingerprint density at radius 3 is 2.67 bits per heavy atom. The predicted octanol–water partition coefficient (Wildman–Crippen LogP) is 4.29. The maximum absolute atomic E-state index is 3.43. The minimum Gasteiger partial charge on any atom is -0.312 e. The Labute approximate surface area is 97.9 Å². The second kappa shape index (κ2) is 7.02. The Bertz CT molecular complexity index is 267. The van der Waals surface area contributed by atoms with E-state index in [1.165, 1.54) is 42.5 Å². The van der Waals surface area contributed by atoms with Gasteiger partial charge in [0.15, 0.2) is 0 Å². The maximum Gasteiger partial charge on any atom is 0.0415 e. The number of aryl methyl sites for hydroxylation is 1. The summed E-state index contributed by atoms with van der Waals surface area (Å²) in [7, 11) is 2.07. The van der Waals surface area contributed by atoms with Crippen LogP contribution in [0.15, 0.2) is 11.4 Å². The zero-order valence-corrected chi connectivity index (χ0v) is 11.0. The second-order valence-electron chi connectivity index (χ2n) is 4.16. The Hall–Kier alpha value is -0.340. The summed E-state index contributed by atoms with van der Waals surface area (Å²) in [6.45, 7) is 4.47. The smallest absolute Gasteiger partial charge is 0.0415 e. The van der Waals surface area contributed by atoms with Gasteiger partial charge in [-0.3, -0.25) is 0 Å². The lowest BCUT2D eigenvalue weighted by atomic mass is 10.0. The Balaban J connectivity index is 2.39. The highest BCUT2D eigenvalue weighted by Crippen LogP contribution is 2.27. The summed E-state index contributed by atoms with van der Waals surface area (Å²) in [4.78, 5) is 1.52. The van der Waals surface area contributed by atoms with Gasteiger partial charge in [-0.1, -0.05) is 32.6 Å². The molecule has 15 heavy (non-hydrogen) atoms. The van der Waals surface area contributed by atoms with Crippen LogP contribution in [0.25, 0.3) is 0 Å². The van der Waals surface area contributed by atoms with Crippen LogP contribution in [0.5, 0.6) is 0 Å². The maximum atomic E-state index is 3.43. The monoisotopic (exact) mass is 225 g/mol. The minimum atomic E-state index is 0.571. The van der Waals surface area contributed by atoms with E-state index in [2.05, 4.69) is 37.7 Å².